The predicted octanol–water partition coefficient (Wildman–Crippen LogP) is 3.05. The first-order valence-electron chi connectivity index (χ1n) is 3.80. The first kappa shape index (κ1) is 10.1. The van der Waals surface area contributed by atoms with Crippen molar-refractivity contribution < 1.29 is 5.11 Å². The van der Waals surface area contributed by atoms with Crippen LogP contribution in [0.4, 0.5) is 0 Å². The molecule has 0 aliphatic carbocycles. The molecule has 0 radical (unpaired) electrons. The molecule has 1 N–H and O–H groups in total. The molecule has 0 unspecified atom stereocenters. The van der Waals surface area contributed by atoms with Crippen LogP contribution >= 0.6 is 27.7 Å². The summed E-state index contributed by atoms with van der Waals surface area (Å²) in [6.07, 6.45) is 0. The molecule has 0 aromatic heterocycles. The van der Waals surface area contributed by atoms with E-state index < -0.39 is 0 Å². The molecule has 1 aromatic carbocycles. The molecular formula is C9H11BrOS. The highest BCUT2D eigenvalue weighted by Crippen LogP contribution is 2.25. The summed E-state index contributed by atoms with van der Waals surface area (Å²) in [7, 11) is 0. The highest BCUT2D eigenvalue weighted by atomic mass is 79.9. The summed E-state index contributed by atoms with van der Waals surface area (Å²) < 4.78 is 1.02. The van der Waals surface area contributed by atoms with E-state index in [9.17, 15) is 0 Å². The number of aliphatic hydroxyl groups excluding tert-OH is 1. The van der Waals surface area contributed by atoms with Crippen LogP contribution in [0.2, 0.25) is 0 Å². The Balaban J connectivity index is 2.94. The fourth-order valence-electron chi connectivity index (χ4n) is 0.968. The average molecular weight is 247 g/mol. The van der Waals surface area contributed by atoms with Gasteiger partial charge in [0.1, 0.15) is 0 Å². The van der Waals surface area contributed by atoms with Gasteiger partial charge in [0.2, 0.25) is 0 Å². The number of thioether (sulfide) groups is 1. The molecule has 0 atom stereocenters. The van der Waals surface area contributed by atoms with Crippen molar-refractivity contribution in [1.82, 2.24) is 0 Å². The second-order valence-corrected chi connectivity index (χ2v) is 4.56. The van der Waals surface area contributed by atoms with Gasteiger partial charge in [-0.2, -0.15) is 0 Å². The van der Waals surface area contributed by atoms with Crippen molar-refractivity contribution in [2.24, 2.45) is 0 Å². The van der Waals surface area contributed by atoms with Gasteiger partial charge in [-0.3, -0.25) is 0 Å². The van der Waals surface area contributed by atoms with E-state index in [1.54, 1.807) is 11.8 Å². The predicted molar refractivity (Wildman–Crippen MR) is 56.5 cm³/mol. The molecule has 0 bridgehead atoms. The van der Waals surface area contributed by atoms with Gasteiger partial charge in [-0.05, 0) is 29.5 Å². The lowest BCUT2D eigenvalue weighted by molar-refractivity contribution is 0.279. The van der Waals surface area contributed by atoms with Crippen LogP contribution in [0.1, 0.15) is 12.5 Å². The van der Waals surface area contributed by atoms with Crippen LogP contribution in [0.15, 0.2) is 27.6 Å². The van der Waals surface area contributed by atoms with Gasteiger partial charge in [0.05, 0.1) is 6.61 Å². The van der Waals surface area contributed by atoms with E-state index >= 15 is 0 Å². The van der Waals surface area contributed by atoms with Gasteiger partial charge >= 0.3 is 0 Å². The largest absolute Gasteiger partial charge is 0.392 e. The summed E-state index contributed by atoms with van der Waals surface area (Å²) in [5.41, 5.74) is 0.997. The van der Waals surface area contributed by atoms with E-state index in [-0.39, 0.29) is 6.61 Å². The molecule has 1 aromatic rings. The molecule has 0 saturated heterocycles. The van der Waals surface area contributed by atoms with Crippen LogP contribution in [0.5, 0.6) is 0 Å². The number of hydrogen-bond acceptors (Lipinski definition) is 2. The summed E-state index contributed by atoms with van der Waals surface area (Å²) in [5, 5.41) is 9.04. The summed E-state index contributed by atoms with van der Waals surface area (Å²) in [6.45, 7) is 2.22. The van der Waals surface area contributed by atoms with Crippen molar-refractivity contribution in [2.75, 3.05) is 5.75 Å². The Labute approximate surface area is 85.3 Å². The average Bonchev–Trinajstić information content (AvgIpc) is 2.08. The maximum atomic E-state index is 9.04. The van der Waals surface area contributed by atoms with E-state index in [1.165, 1.54) is 4.90 Å². The minimum absolute atomic E-state index is 0.113. The number of benzene rings is 1. The monoisotopic (exact) mass is 246 g/mol. The van der Waals surface area contributed by atoms with Crippen LogP contribution < -0.4 is 0 Å². The zero-order chi connectivity index (χ0) is 8.97. The highest BCUT2D eigenvalue weighted by Gasteiger charge is 2.00. The van der Waals surface area contributed by atoms with Crippen molar-refractivity contribution in [2.45, 2.75) is 18.4 Å². The van der Waals surface area contributed by atoms with Crippen LogP contribution in [0, 0.1) is 0 Å². The molecule has 1 rings (SSSR count). The maximum absolute atomic E-state index is 9.04. The molecule has 12 heavy (non-hydrogen) atoms. The Morgan fingerprint density at radius 3 is 2.83 bits per heavy atom. The zero-order valence-corrected chi connectivity index (χ0v) is 9.28. The minimum Gasteiger partial charge on any atom is -0.392 e. The second kappa shape index (κ2) is 4.90. The highest BCUT2D eigenvalue weighted by molar-refractivity contribution is 9.10. The summed E-state index contributed by atoms with van der Waals surface area (Å²) in [4.78, 5) is 1.17. The van der Waals surface area contributed by atoms with Crippen LogP contribution in [-0.4, -0.2) is 10.9 Å². The number of aliphatic hydroxyl groups is 1. The van der Waals surface area contributed by atoms with Crippen molar-refractivity contribution >= 4 is 27.7 Å². The Morgan fingerprint density at radius 1 is 1.50 bits per heavy atom. The Hall–Kier alpha value is 0.01000. The first-order chi connectivity index (χ1) is 5.77. The zero-order valence-electron chi connectivity index (χ0n) is 6.88. The topological polar surface area (TPSA) is 20.2 Å². The van der Waals surface area contributed by atoms with Gasteiger partial charge in [0.15, 0.2) is 0 Å². The summed E-state index contributed by atoms with van der Waals surface area (Å²) >= 11 is 5.12. The Kier molecular flexibility index (Phi) is 4.12. The third-order valence-electron chi connectivity index (χ3n) is 1.49. The van der Waals surface area contributed by atoms with Gasteiger partial charge in [0, 0.05) is 9.37 Å². The van der Waals surface area contributed by atoms with Gasteiger partial charge in [0.25, 0.3) is 0 Å². The smallest absolute Gasteiger partial charge is 0.0693 e. The fraction of sp³-hybridized carbons (Fsp3) is 0.333. The molecule has 0 saturated carbocycles. The molecule has 66 valence electrons. The minimum atomic E-state index is 0.113. The van der Waals surface area contributed by atoms with Gasteiger partial charge in [-0.1, -0.05) is 22.9 Å². The van der Waals surface area contributed by atoms with Gasteiger partial charge in [-0.15, -0.1) is 11.8 Å². The molecule has 0 amide bonds. The van der Waals surface area contributed by atoms with E-state index in [4.69, 9.17) is 5.11 Å². The van der Waals surface area contributed by atoms with Crippen molar-refractivity contribution in [3.8, 4) is 0 Å². The molecule has 0 aliphatic heterocycles. The standard InChI is InChI=1S/C9H11BrOS/c1-2-12-9-4-3-8(10)5-7(9)6-11/h3-5,11H,2,6H2,1H3. The number of rotatable bonds is 3. The first-order valence-corrected chi connectivity index (χ1v) is 5.58. The molecule has 0 fully saturated rings. The van der Waals surface area contributed by atoms with Gasteiger partial charge < -0.3 is 5.11 Å². The third kappa shape index (κ3) is 2.51. The lowest BCUT2D eigenvalue weighted by Crippen LogP contribution is -1.87. The lowest BCUT2D eigenvalue weighted by atomic mass is 10.2. The van der Waals surface area contributed by atoms with Crippen LogP contribution in [0.25, 0.3) is 0 Å². The molecule has 1 nitrogen and oxygen atoms in total. The number of hydrogen-bond donors (Lipinski definition) is 1. The third-order valence-corrected chi connectivity index (χ3v) is 2.98. The van der Waals surface area contributed by atoms with E-state index in [2.05, 4.69) is 22.9 Å². The van der Waals surface area contributed by atoms with Crippen molar-refractivity contribution in [1.29, 1.82) is 0 Å². The SMILES string of the molecule is CCSc1ccc(Br)cc1CO. The van der Waals surface area contributed by atoms with Crippen LogP contribution in [-0.2, 0) is 6.61 Å². The van der Waals surface area contributed by atoms with Crippen LogP contribution in [0.3, 0.4) is 0 Å². The maximum Gasteiger partial charge on any atom is 0.0693 e. The number of halogens is 1. The lowest BCUT2D eigenvalue weighted by Gasteiger charge is -2.05. The van der Waals surface area contributed by atoms with Crippen molar-refractivity contribution in [3.05, 3.63) is 28.2 Å². The molecule has 0 spiro atoms. The summed E-state index contributed by atoms with van der Waals surface area (Å²) in [5.74, 6) is 1.04. The molecule has 3 heteroatoms. The molecule has 0 aliphatic rings. The second-order valence-electron chi connectivity index (χ2n) is 2.34. The van der Waals surface area contributed by atoms with E-state index in [1.807, 2.05) is 18.2 Å². The Morgan fingerprint density at radius 2 is 2.25 bits per heavy atom. The van der Waals surface area contributed by atoms with Gasteiger partial charge in [-0.25, -0.2) is 0 Å². The van der Waals surface area contributed by atoms with E-state index in [0.717, 1.165) is 15.8 Å². The fourth-order valence-corrected chi connectivity index (χ4v) is 2.16. The molecular weight excluding hydrogens is 236 g/mol. The quantitative estimate of drug-likeness (QED) is 0.828. The summed E-state index contributed by atoms with van der Waals surface area (Å²) in [6, 6.07) is 5.99. The molecule has 0 heterocycles. The van der Waals surface area contributed by atoms with Crippen molar-refractivity contribution in [3.63, 3.8) is 0 Å². The normalized spacial score (nSPS) is 10.2. The Bertz CT molecular complexity index is 263. The van der Waals surface area contributed by atoms with E-state index in [0.29, 0.717) is 0 Å².